The molecule has 4 saturated carbocycles. The SMILES string of the molecule is CC1C(C)C2CC1C1C3CC(C4CC(C)(C)OC4=O)C(C3)C21. The molecular weight excluding hydrogens is 272 g/mol. The summed E-state index contributed by atoms with van der Waals surface area (Å²) in [5, 5.41) is 0. The van der Waals surface area contributed by atoms with Crippen LogP contribution in [0.3, 0.4) is 0 Å². The maximum Gasteiger partial charge on any atom is 0.309 e. The van der Waals surface area contributed by atoms with Crippen LogP contribution in [0.2, 0.25) is 0 Å². The van der Waals surface area contributed by atoms with Crippen molar-refractivity contribution in [3.8, 4) is 0 Å². The van der Waals surface area contributed by atoms with Crippen LogP contribution in [0.1, 0.15) is 53.4 Å². The molecule has 1 aliphatic heterocycles. The predicted octanol–water partition coefficient (Wildman–Crippen LogP) is 4.14. The molecule has 2 nitrogen and oxygen atoms in total. The molecule has 0 amide bonds. The molecule has 4 bridgehead atoms. The molecule has 4 aliphatic carbocycles. The van der Waals surface area contributed by atoms with E-state index in [1.54, 1.807) is 0 Å². The summed E-state index contributed by atoms with van der Waals surface area (Å²) in [6.45, 7) is 9.18. The van der Waals surface area contributed by atoms with Gasteiger partial charge in [-0.05, 0) is 86.4 Å². The largest absolute Gasteiger partial charge is 0.459 e. The summed E-state index contributed by atoms with van der Waals surface area (Å²) in [6, 6.07) is 0. The van der Waals surface area contributed by atoms with Crippen LogP contribution in [0.25, 0.3) is 0 Å². The molecular formula is C20H30O2. The first-order valence-corrected chi connectivity index (χ1v) is 9.60. The third-order valence-corrected chi connectivity index (χ3v) is 8.80. The number of cyclic esters (lactones) is 1. The second-order valence-electron chi connectivity index (χ2n) is 9.99. The van der Waals surface area contributed by atoms with Crippen molar-refractivity contribution in [1.82, 2.24) is 0 Å². The van der Waals surface area contributed by atoms with Gasteiger partial charge in [0.2, 0.25) is 0 Å². The minimum atomic E-state index is -0.223. The van der Waals surface area contributed by atoms with Gasteiger partial charge in [-0.25, -0.2) is 0 Å². The quantitative estimate of drug-likeness (QED) is 0.537. The van der Waals surface area contributed by atoms with Crippen LogP contribution in [-0.4, -0.2) is 11.6 Å². The fraction of sp³-hybridized carbons (Fsp3) is 0.950. The van der Waals surface area contributed by atoms with Crippen LogP contribution in [0.4, 0.5) is 0 Å². The van der Waals surface area contributed by atoms with Crippen molar-refractivity contribution in [1.29, 1.82) is 0 Å². The lowest BCUT2D eigenvalue weighted by atomic mass is 9.60. The Balaban J connectivity index is 1.42. The van der Waals surface area contributed by atoms with Crippen molar-refractivity contribution in [2.75, 3.05) is 0 Å². The van der Waals surface area contributed by atoms with Gasteiger partial charge < -0.3 is 4.74 Å². The highest BCUT2D eigenvalue weighted by Gasteiger charge is 2.67. The Kier molecular flexibility index (Phi) is 2.59. The lowest BCUT2D eigenvalue weighted by molar-refractivity contribution is -0.150. The van der Waals surface area contributed by atoms with E-state index in [1.807, 2.05) is 0 Å². The number of carbonyl (C=O) groups is 1. The van der Waals surface area contributed by atoms with E-state index in [1.165, 1.54) is 19.3 Å². The molecule has 22 heavy (non-hydrogen) atoms. The van der Waals surface area contributed by atoms with Crippen LogP contribution in [0, 0.1) is 59.2 Å². The Hall–Kier alpha value is -0.530. The zero-order valence-electron chi connectivity index (χ0n) is 14.4. The van der Waals surface area contributed by atoms with E-state index in [-0.39, 0.29) is 17.5 Å². The van der Waals surface area contributed by atoms with Gasteiger partial charge in [-0.1, -0.05) is 13.8 Å². The highest BCUT2D eigenvalue weighted by molar-refractivity contribution is 5.75. The van der Waals surface area contributed by atoms with Crippen molar-refractivity contribution in [2.45, 2.75) is 59.0 Å². The Morgan fingerprint density at radius 2 is 1.55 bits per heavy atom. The highest BCUT2D eigenvalue weighted by atomic mass is 16.6. The number of rotatable bonds is 1. The summed E-state index contributed by atoms with van der Waals surface area (Å²) in [7, 11) is 0. The van der Waals surface area contributed by atoms with Crippen LogP contribution < -0.4 is 0 Å². The number of fused-ring (bicyclic) bond motifs is 9. The molecule has 2 heteroatoms. The molecule has 0 spiro atoms. The van der Waals surface area contributed by atoms with Crippen molar-refractivity contribution < 1.29 is 9.53 Å². The molecule has 0 aromatic heterocycles. The minimum absolute atomic E-state index is 0.115. The third kappa shape index (κ3) is 1.55. The molecule has 0 aromatic rings. The second kappa shape index (κ2) is 4.11. The maximum absolute atomic E-state index is 12.4. The van der Waals surface area contributed by atoms with Gasteiger partial charge in [-0.15, -0.1) is 0 Å². The van der Waals surface area contributed by atoms with Crippen molar-refractivity contribution >= 4 is 5.97 Å². The molecule has 5 aliphatic rings. The van der Waals surface area contributed by atoms with Crippen LogP contribution in [-0.2, 0) is 9.53 Å². The van der Waals surface area contributed by atoms with Gasteiger partial charge in [0, 0.05) is 6.42 Å². The molecule has 1 heterocycles. The molecule has 10 unspecified atom stereocenters. The van der Waals surface area contributed by atoms with E-state index in [0.29, 0.717) is 5.92 Å². The zero-order chi connectivity index (χ0) is 15.4. The summed E-state index contributed by atoms with van der Waals surface area (Å²) in [4.78, 5) is 12.4. The smallest absolute Gasteiger partial charge is 0.309 e. The summed E-state index contributed by atoms with van der Waals surface area (Å²) in [5.74, 6) is 8.54. The Morgan fingerprint density at radius 1 is 0.909 bits per heavy atom. The van der Waals surface area contributed by atoms with Gasteiger partial charge in [0.15, 0.2) is 0 Å². The van der Waals surface area contributed by atoms with Crippen molar-refractivity contribution in [2.24, 2.45) is 59.2 Å². The van der Waals surface area contributed by atoms with Crippen LogP contribution >= 0.6 is 0 Å². The van der Waals surface area contributed by atoms with E-state index in [9.17, 15) is 4.79 Å². The van der Waals surface area contributed by atoms with Gasteiger partial charge in [-0.3, -0.25) is 4.79 Å². The molecule has 1 saturated heterocycles. The monoisotopic (exact) mass is 302 g/mol. The van der Waals surface area contributed by atoms with Gasteiger partial charge >= 0.3 is 5.97 Å². The topological polar surface area (TPSA) is 26.3 Å². The minimum Gasteiger partial charge on any atom is -0.459 e. The van der Waals surface area contributed by atoms with Crippen molar-refractivity contribution in [3.63, 3.8) is 0 Å². The fourth-order valence-corrected chi connectivity index (χ4v) is 8.07. The van der Waals surface area contributed by atoms with Crippen LogP contribution in [0.5, 0.6) is 0 Å². The first-order valence-electron chi connectivity index (χ1n) is 9.60. The Morgan fingerprint density at radius 3 is 2.18 bits per heavy atom. The molecule has 5 rings (SSSR count). The fourth-order valence-electron chi connectivity index (χ4n) is 8.07. The lowest BCUT2D eigenvalue weighted by Gasteiger charge is -2.44. The zero-order valence-corrected chi connectivity index (χ0v) is 14.4. The lowest BCUT2D eigenvalue weighted by Crippen LogP contribution is -2.41. The van der Waals surface area contributed by atoms with Gasteiger partial charge in [-0.2, -0.15) is 0 Å². The third-order valence-electron chi connectivity index (χ3n) is 8.80. The number of esters is 1. The summed E-state index contributed by atoms with van der Waals surface area (Å²) in [5.41, 5.74) is -0.223. The first kappa shape index (κ1) is 13.9. The average molecular weight is 302 g/mol. The molecule has 0 aromatic carbocycles. The van der Waals surface area contributed by atoms with Crippen LogP contribution in [0.15, 0.2) is 0 Å². The number of carbonyl (C=O) groups excluding carboxylic acids is 1. The molecule has 122 valence electrons. The van der Waals surface area contributed by atoms with Gasteiger partial charge in [0.05, 0.1) is 5.92 Å². The standard InChI is InChI=1S/C20H30O2/c1-9-10(2)13-7-12(9)17-11-5-14(15(6-11)18(13)17)16-8-20(3,4)22-19(16)21/h9-18H,5-8H2,1-4H3. The Bertz CT molecular complexity index is 524. The summed E-state index contributed by atoms with van der Waals surface area (Å²) >= 11 is 0. The molecule has 5 fully saturated rings. The van der Waals surface area contributed by atoms with Gasteiger partial charge in [0.25, 0.3) is 0 Å². The molecule has 0 N–H and O–H groups in total. The van der Waals surface area contributed by atoms with Crippen molar-refractivity contribution in [3.05, 3.63) is 0 Å². The summed E-state index contributed by atoms with van der Waals surface area (Å²) < 4.78 is 5.65. The molecule has 0 radical (unpaired) electrons. The van der Waals surface area contributed by atoms with E-state index in [4.69, 9.17) is 4.74 Å². The average Bonchev–Trinajstić information content (AvgIpc) is 3.17. The van der Waals surface area contributed by atoms with E-state index in [2.05, 4.69) is 27.7 Å². The maximum atomic E-state index is 12.4. The summed E-state index contributed by atoms with van der Waals surface area (Å²) in [6.07, 6.45) is 5.21. The first-order chi connectivity index (χ1) is 10.4. The normalized spacial score (nSPS) is 60.8. The Labute approximate surface area is 134 Å². The predicted molar refractivity (Wildman–Crippen MR) is 84.9 cm³/mol. The van der Waals surface area contributed by atoms with E-state index in [0.717, 1.165) is 53.8 Å². The second-order valence-corrected chi connectivity index (χ2v) is 9.99. The molecule has 10 atom stereocenters. The van der Waals surface area contributed by atoms with E-state index >= 15 is 0 Å². The highest BCUT2D eigenvalue weighted by Crippen LogP contribution is 2.72. The number of hydrogen-bond donors (Lipinski definition) is 0. The van der Waals surface area contributed by atoms with E-state index < -0.39 is 0 Å². The number of ether oxygens (including phenoxy) is 1. The number of hydrogen-bond acceptors (Lipinski definition) is 2. The van der Waals surface area contributed by atoms with Gasteiger partial charge in [0.1, 0.15) is 5.60 Å².